The van der Waals surface area contributed by atoms with E-state index >= 15 is 0 Å². The molecule has 0 aromatic heterocycles. The molecule has 0 N–H and O–H groups in total. The molecule has 0 unspecified atom stereocenters. The molecule has 7 heteroatoms. The molecule has 0 radical (unpaired) electrons. The maximum absolute atomic E-state index is 12.3. The molecule has 88 valence electrons. The molecule has 1 aliphatic heterocycles. The van der Waals surface area contributed by atoms with Crippen molar-refractivity contribution in [3.05, 3.63) is 11.6 Å². The number of amidine groups is 1. The van der Waals surface area contributed by atoms with Crippen molar-refractivity contribution in [2.75, 3.05) is 19.3 Å². The van der Waals surface area contributed by atoms with Crippen LogP contribution < -0.4 is 0 Å². The fourth-order valence-corrected chi connectivity index (χ4v) is 1.94. The minimum absolute atomic E-state index is 0.0610. The Labute approximate surface area is 95.6 Å². The highest BCUT2D eigenvalue weighted by Gasteiger charge is 2.35. The molecule has 0 fully saturated rings. The van der Waals surface area contributed by atoms with E-state index in [-0.39, 0.29) is 19.5 Å². The molecule has 1 aliphatic rings. The summed E-state index contributed by atoms with van der Waals surface area (Å²) in [4.78, 5) is 5.21. The van der Waals surface area contributed by atoms with Gasteiger partial charge in [-0.1, -0.05) is 17.8 Å². The van der Waals surface area contributed by atoms with Gasteiger partial charge >= 0.3 is 6.18 Å². The van der Waals surface area contributed by atoms with Crippen LogP contribution >= 0.6 is 11.8 Å². The van der Waals surface area contributed by atoms with Gasteiger partial charge in [0.05, 0.1) is 0 Å². The molecule has 0 atom stereocenters. The first-order chi connectivity index (χ1) is 7.49. The van der Waals surface area contributed by atoms with Gasteiger partial charge in [-0.15, -0.1) is 4.99 Å². The number of thioether (sulfide) groups is 1. The van der Waals surface area contributed by atoms with Gasteiger partial charge in [-0.25, -0.2) is 0 Å². The number of aliphatic imine (C=N–C) groups is 1. The molecule has 0 aromatic carbocycles. The Morgan fingerprint density at radius 2 is 2.31 bits per heavy atom. The average Bonchev–Trinajstić information content (AvgIpc) is 2.25. The zero-order valence-electron chi connectivity index (χ0n) is 8.58. The van der Waals surface area contributed by atoms with E-state index in [1.54, 1.807) is 17.3 Å². The van der Waals surface area contributed by atoms with E-state index in [0.29, 0.717) is 5.17 Å². The van der Waals surface area contributed by atoms with Gasteiger partial charge < -0.3 is 4.90 Å². The number of nitriles is 1. The monoisotopic (exact) mass is 249 g/mol. The van der Waals surface area contributed by atoms with Gasteiger partial charge in [-0.3, -0.25) is 0 Å². The quantitative estimate of drug-likeness (QED) is 0.286. The number of nitrogens with zero attached hydrogens (tertiary/aromatic N) is 3. The maximum atomic E-state index is 12.3. The summed E-state index contributed by atoms with van der Waals surface area (Å²) in [6.45, 7) is 0.392. The standard InChI is InChI=1S/C9H10F3N3S/c1-16-8(14-6-13)15-4-2-7(3-5-15)9(10,11)12/h2H,3-5H2,1H3. The highest BCUT2D eigenvalue weighted by atomic mass is 32.2. The fourth-order valence-electron chi connectivity index (χ4n) is 1.39. The Balaban J connectivity index is 2.71. The smallest absolute Gasteiger partial charge is 0.347 e. The summed E-state index contributed by atoms with van der Waals surface area (Å²) in [6.07, 6.45) is 0.222. The van der Waals surface area contributed by atoms with E-state index in [4.69, 9.17) is 5.26 Å². The van der Waals surface area contributed by atoms with Crippen LogP contribution in [-0.2, 0) is 0 Å². The third-order valence-electron chi connectivity index (χ3n) is 2.17. The van der Waals surface area contributed by atoms with Crippen molar-refractivity contribution in [3.63, 3.8) is 0 Å². The first-order valence-electron chi connectivity index (χ1n) is 4.51. The largest absolute Gasteiger partial charge is 0.412 e. The summed E-state index contributed by atoms with van der Waals surface area (Å²) in [5.41, 5.74) is -0.499. The molecule has 0 saturated heterocycles. The topological polar surface area (TPSA) is 39.4 Å². The lowest BCUT2D eigenvalue weighted by Crippen LogP contribution is -2.35. The minimum Gasteiger partial charge on any atom is -0.347 e. The van der Waals surface area contributed by atoms with Crippen molar-refractivity contribution in [3.8, 4) is 6.19 Å². The molecule has 16 heavy (non-hydrogen) atoms. The molecule has 0 bridgehead atoms. The molecular formula is C9H10F3N3S. The Morgan fingerprint density at radius 1 is 1.62 bits per heavy atom. The third kappa shape index (κ3) is 3.17. The molecular weight excluding hydrogens is 239 g/mol. The van der Waals surface area contributed by atoms with Crippen molar-refractivity contribution < 1.29 is 13.2 Å². The van der Waals surface area contributed by atoms with Gasteiger partial charge in [0.25, 0.3) is 0 Å². The zero-order valence-corrected chi connectivity index (χ0v) is 9.40. The summed E-state index contributed by atoms with van der Waals surface area (Å²) in [5.74, 6) is 0. The number of alkyl halides is 3. The van der Waals surface area contributed by atoms with E-state index in [1.165, 1.54) is 11.8 Å². The first-order valence-corrected chi connectivity index (χ1v) is 5.73. The number of halogens is 3. The summed E-state index contributed by atoms with van der Waals surface area (Å²) in [5, 5.41) is 8.87. The normalized spacial score (nSPS) is 18.1. The Kier molecular flexibility index (Phi) is 4.24. The number of hydrogen-bond donors (Lipinski definition) is 0. The van der Waals surface area contributed by atoms with Crippen molar-refractivity contribution in [1.29, 1.82) is 5.26 Å². The summed E-state index contributed by atoms with van der Waals surface area (Å²) in [6, 6.07) is 0. The van der Waals surface area contributed by atoms with Crippen LogP contribution in [0, 0.1) is 11.5 Å². The molecule has 0 spiro atoms. The predicted molar refractivity (Wildman–Crippen MR) is 56.9 cm³/mol. The Hall–Kier alpha value is -1.16. The minimum atomic E-state index is -4.24. The predicted octanol–water partition coefficient (Wildman–Crippen LogP) is 2.38. The second-order valence-electron chi connectivity index (χ2n) is 3.12. The van der Waals surface area contributed by atoms with E-state index in [9.17, 15) is 13.2 Å². The van der Waals surface area contributed by atoms with Gasteiger partial charge in [0.2, 0.25) is 6.19 Å². The second-order valence-corrected chi connectivity index (χ2v) is 3.90. The van der Waals surface area contributed by atoms with E-state index in [1.807, 2.05) is 0 Å². The van der Waals surface area contributed by atoms with Crippen molar-refractivity contribution in [1.82, 2.24) is 4.90 Å². The van der Waals surface area contributed by atoms with Crippen LogP contribution in [-0.4, -0.2) is 35.6 Å². The van der Waals surface area contributed by atoms with E-state index in [0.717, 1.165) is 6.08 Å². The molecule has 0 aliphatic carbocycles. The summed E-state index contributed by atoms with van der Waals surface area (Å²) in [7, 11) is 0. The molecule has 0 aromatic rings. The lowest BCUT2D eigenvalue weighted by atomic mass is 10.1. The Morgan fingerprint density at radius 3 is 2.69 bits per heavy atom. The fraction of sp³-hybridized carbons (Fsp3) is 0.556. The molecule has 1 rings (SSSR count). The van der Waals surface area contributed by atoms with Crippen LogP contribution in [0.4, 0.5) is 13.2 Å². The molecule has 0 amide bonds. The van der Waals surface area contributed by atoms with E-state index in [2.05, 4.69) is 4.99 Å². The van der Waals surface area contributed by atoms with Gasteiger partial charge in [0.15, 0.2) is 5.17 Å². The van der Waals surface area contributed by atoms with Crippen molar-refractivity contribution >= 4 is 16.9 Å². The third-order valence-corrected chi connectivity index (χ3v) is 2.89. The van der Waals surface area contributed by atoms with Crippen molar-refractivity contribution in [2.45, 2.75) is 12.6 Å². The first kappa shape index (κ1) is 12.9. The highest BCUT2D eigenvalue weighted by Crippen LogP contribution is 2.30. The lowest BCUT2D eigenvalue weighted by Gasteiger charge is -2.28. The molecule has 3 nitrogen and oxygen atoms in total. The zero-order chi connectivity index (χ0) is 12.2. The summed E-state index contributed by atoms with van der Waals surface area (Å²) >= 11 is 1.25. The highest BCUT2D eigenvalue weighted by molar-refractivity contribution is 8.13. The number of rotatable bonds is 0. The van der Waals surface area contributed by atoms with Gasteiger partial charge in [0.1, 0.15) is 0 Å². The lowest BCUT2D eigenvalue weighted by molar-refractivity contribution is -0.0954. The summed E-state index contributed by atoms with van der Waals surface area (Å²) < 4.78 is 37.0. The van der Waals surface area contributed by atoms with Crippen LogP contribution in [0.25, 0.3) is 0 Å². The SMILES string of the molecule is CSC(=NC#N)N1CC=C(C(F)(F)F)CC1. The molecule has 0 saturated carbocycles. The average molecular weight is 249 g/mol. The van der Waals surface area contributed by atoms with Crippen molar-refractivity contribution in [2.24, 2.45) is 4.99 Å². The molecule has 1 heterocycles. The van der Waals surface area contributed by atoms with E-state index < -0.39 is 11.7 Å². The van der Waals surface area contributed by atoms with Crippen LogP contribution in [0.3, 0.4) is 0 Å². The Bertz CT molecular complexity index is 354. The van der Waals surface area contributed by atoms with Crippen LogP contribution in [0.1, 0.15) is 6.42 Å². The van der Waals surface area contributed by atoms with Crippen LogP contribution in [0.5, 0.6) is 0 Å². The van der Waals surface area contributed by atoms with Gasteiger partial charge in [-0.2, -0.15) is 18.4 Å². The second kappa shape index (κ2) is 5.25. The van der Waals surface area contributed by atoms with Crippen LogP contribution in [0.15, 0.2) is 16.6 Å². The van der Waals surface area contributed by atoms with Gasteiger partial charge in [0, 0.05) is 18.7 Å². The van der Waals surface area contributed by atoms with Gasteiger partial charge in [-0.05, 0) is 12.7 Å². The maximum Gasteiger partial charge on any atom is 0.412 e. The van der Waals surface area contributed by atoms with Crippen LogP contribution in [0.2, 0.25) is 0 Å². The number of hydrogen-bond acceptors (Lipinski definition) is 3.